The highest BCUT2D eigenvalue weighted by atomic mass is 35.5. The number of halogens is 1. The lowest BCUT2D eigenvalue weighted by molar-refractivity contribution is 0.0697. The molecular formula is C18H12ClNO2. The summed E-state index contributed by atoms with van der Waals surface area (Å²) < 4.78 is 0. The summed E-state index contributed by atoms with van der Waals surface area (Å²) >= 11 is 6.14. The molecule has 3 nitrogen and oxygen atoms in total. The van der Waals surface area contributed by atoms with Gasteiger partial charge in [0.2, 0.25) is 0 Å². The van der Waals surface area contributed by atoms with E-state index in [1.165, 1.54) is 0 Å². The highest BCUT2D eigenvalue weighted by molar-refractivity contribution is 6.33. The number of carboxylic acids is 1. The number of carbonyl (C=O) groups is 1. The Balaban J connectivity index is 2.26. The van der Waals surface area contributed by atoms with Crippen molar-refractivity contribution < 1.29 is 9.90 Å². The van der Waals surface area contributed by atoms with Crippen LogP contribution in [-0.4, -0.2) is 16.1 Å². The number of benzene rings is 2. The predicted molar refractivity (Wildman–Crippen MR) is 87.1 cm³/mol. The molecule has 0 saturated carbocycles. The van der Waals surface area contributed by atoms with Gasteiger partial charge in [0, 0.05) is 11.1 Å². The zero-order chi connectivity index (χ0) is 15.5. The van der Waals surface area contributed by atoms with Gasteiger partial charge in [-0.1, -0.05) is 72.3 Å². The Labute approximate surface area is 132 Å². The molecular weight excluding hydrogens is 298 g/mol. The van der Waals surface area contributed by atoms with E-state index in [0.717, 1.165) is 11.1 Å². The number of aromatic nitrogens is 1. The van der Waals surface area contributed by atoms with Crippen LogP contribution in [0.25, 0.3) is 22.4 Å². The summed E-state index contributed by atoms with van der Waals surface area (Å²) in [4.78, 5) is 15.8. The van der Waals surface area contributed by atoms with Gasteiger partial charge in [-0.25, -0.2) is 9.78 Å². The van der Waals surface area contributed by atoms with E-state index >= 15 is 0 Å². The van der Waals surface area contributed by atoms with E-state index in [-0.39, 0.29) is 10.7 Å². The molecule has 22 heavy (non-hydrogen) atoms. The van der Waals surface area contributed by atoms with Gasteiger partial charge in [-0.15, -0.1) is 0 Å². The van der Waals surface area contributed by atoms with Gasteiger partial charge < -0.3 is 5.11 Å². The molecule has 1 aromatic heterocycles. The standard InChI is InChI=1S/C18H12ClNO2/c19-17-16(18(21)22)14(12-7-3-1-4-8-12)11-15(20-17)13-9-5-2-6-10-13/h1-11H,(H,21,22). The first-order chi connectivity index (χ1) is 10.7. The van der Waals surface area contributed by atoms with Gasteiger partial charge in [0.15, 0.2) is 0 Å². The summed E-state index contributed by atoms with van der Waals surface area (Å²) in [6.45, 7) is 0. The fourth-order valence-corrected chi connectivity index (χ4v) is 2.59. The molecule has 2 aromatic carbocycles. The second-order valence-corrected chi connectivity index (χ2v) is 5.12. The largest absolute Gasteiger partial charge is 0.478 e. The van der Waals surface area contributed by atoms with Crippen molar-refractivity contribution in [1.82, 2.24) is 4.98 Å². The minimum atomic E-state index is -1.09. The van der Waals surface area contributed by atoms with Crippen molar-refractivity contribution in [2.24, 2.45) is 0 Å². The van der Waals surface area contributed by atoms with Gasteiger partial charge in [-0.05, 0) is 11.6 Å². The van der Waals surface area contributed by atoms with E-state index in [1.807, 2.05) is 60.7 Å². The Hall–Kier alpha value is -2.65. The molecule has 0 spiro atoms. The number of nitrogens with zero attached hydrogens (tertiary/aromatic N) is 1. The van der Waals surface area contributed by atoms with E-state index in [2.05, 4.69) is 4.98 Å². The van der Waals surface area contributed by atoms with Crippen LogP contribution in [0, 0.1) is 0 Å². The average Bonchev–Trinajstić information content (AvgIpc) is 2.55. The smallest absolute Gasteiger partial charge is 0.339 e. The van der Waals surface area contributed by atoms with Crippen LogP contribution in [0.4, 0.5) is 0 Å². The van der Waals surface area contributed by atoms with Crippen LogP contribution in [0.3, 0.4) is 0 Å². The average molecular weight is 310 g/mol. The third kappa shape index (κ3) is 2.71. The molecule has 3 aromatic rings. The monoisotopic (exact) mass is 309 g/mol. The Morgan fingerprint density at radius 1 is 0.909 bits per heavy atom. The third-order valence-corrected chi connectivity index (χ3v) is 3.62. The van der Waals surface area contributed by atoms with Crippen molar-refractivity contribution in [2.45, 2.75) is 0 Å². The minimum Gasteiger partial charge on any atom is -0.478 e. The van der Waals surface area contributed by atoms with Gasteiger partial charge in [-0.2, -0.15) is 0 Å². The Morgan fingerprint density at radius 2 is 1.45 bits per heavy atom. The Morgan fingerprint density at radius 3 is 2.00 bits per heavy atom. The van der Waals surface area contributed by atoms with Gasteiger partial charge in [-0.3, -0.25) is 0 Å². The lowest BCUT2D eigenvalue weighted by atomic mass is 9.99. The fourth-order valence-electron chi connectivity index (χ4n) is 2.32. The lowest BCUT2D eigenvalue weighted by Gasteiger charge is -2.11. The molecule has 0 aliphatic carbocycles. The Bertz CT molecular complexity index is 817. The number of hydrogen-bond acceptors (Lipinski definition) is 2. The second kappa shape index (κ2) is 6.00. The summed E-state index contributed by atoms with van der Waals surface area (Å²) in [6, 6.07) is 20.6. The molecule has 1 heterocycles. The van der Waals surface area contributed by atoms with E-state index in [0.29, 0.717) is 11.3 Å². The maximum atomic E-state index is 11.5. The predicted octanol–water partition coefficient (Wildman–Crippen LogP) is 4.77. The van der Waals surface area contributed by atoms with Gasteiger partial charge in [0.1, 0.15) is 10.7 Å². The molecule has 4 heteroatoms. The summed E-state index contributed by atoms with van der Waals surface area (Å²) in [5.74, 6) is -1.09. The first-order valence-corrected chi connectivity index (χ1v) is 7.09. The quantitative estimate of drug-likeness (QED) is 0.709. The summed E-state index contributed by atoms with van der Waals surface area (Å²) in [6.07, 6.45) is 0. The molecule has 0 saturated heterocycles. The molecule has 0 aliphatic heterocycles. The molecule has 0 unspecified atom stereocenters. The Kier molecular flexibility index (Phi) is 3.90. The molecule has 0 atom stereocenters. The van der Waals surface area contributed by atoms with Crippen molar-refractivity contribution in [2.75, 3.05) is 0 Å². The summed E-state index contributed by atoms with van der Waals surface area (Å²) in [5, 5.41) is 9.44. The third-order valence-electron chi connectivity index (χ3n) is 3.34. The molecule has 0 fully saturated rings. The summed E-state index contributed by atoms with van der Waals surface area (Å²) in [7, 11) is 0. The SMILES string of the molecule is O=C(O)c1c(-c2ccccc2)cc(-c2ccccc2)nc1Cl. The van der Waals surface area contributed by atoms with E-state index in [4.69, 9.17) is 11.6 Å². The van der Waals surface area contributed by atoms with Crippen LogP contribution < -0.4 is 0 Å². The van der Waals surface area contributed by atoms with Crippen LogP contribution in [0.1, 0.15) is 10.4 Å². The number of pyridine rings is 1. The minimum absolute atomic E-state index is 0.00675. The molecule has 0 amide bonds. The second-order valence-electron chi connectivity index (χ2n) is 4.76. The van der Waals surface area contributed by atoms with E-state index < -0.39 is 5.97 Å². The number of rotatable bonds is 3. The highest BCUT2D eigenvalue weighted by Crippen LogP contribution is 2.32. The zero-order valence-corrected chi connectivity index (χ0v) is 12.3. The zero-order valence-electron chi connectivity index (χ0n) is 11.5. The normalized spacial score (nSPS) is 10.4. The number of hydrogen-bond donors (Lipinski definition) is 1. The molecule has 0 aliphatic rings. The van der Waals surface area contributed by atoms with Gasteiger partial charge in [0.25, 0.3) is 0 Å². The van der Waals surface area contributed by atoms with Crippen molar-refractivity contribution in [3.63, 3.8) is 0 Å². The molecule has 0 radical (unpaired) electrons. The van der Waals surface area contributed by atoms with Crippen molar-refractivity contribution >= 4 is 17.6 Å². The first kappa shape index (κ1) is 14.3. The van der Waals surface area contributed by atoms with E-state index in [9.17, 15) is 9.90 Å². The van der Waals surface area contributed by atoms with Crippen molar-refractivity contribution in [1.29, 1.82) is 0 Å². The number of carboxylic acid groups (broad SMARTS) is 1. The maximum absolute atomic E-state index is 11.5. The summed E-state index contributed by atoms with van der Waals surface area (Å²) in [5.41, 5.74) is 2.91. The van der Waals surface area contributed by atoms with E-state index in [1.54, 1.807) is 6.07 Å². The van der Waals surface area contributed by atoms with Crippen LogP contribution in [0.15, 0.2) is 66.7 Å². The molecule has 108 valence electrons. The van der Waals surface area contributed by atoms with Crippen LogP contribution >= 0.6 is 11.6 Å². The highest BCUT2D eigenvalue weighted by Gasteiger charge is 2.19. The molecule has 0 bridgehead atoms. The molecule has 1 N–H and O–H groups in total. The first-order valence-electron chi connectivity index (χ1n) is 6.71. The van der Waals surface area contributed by atoms with Crippen molar-refractivity contribution in [3.05, 3.63) is 77.4 Å². The van der Waals surface area contributed by atoms with Crippen LogP contribution in [-0.2, 0) is 0 Å². The van der Waals surface area contributed by atoms with Gasteiger partial charge in [0.05, 0.1) is 5.69 Å². The van der Waals surface area contributed by atoms with Crippen LogP contribution in [0.5, 0.6) is 0 Å². The maximum Gasteiger partial charge on any atom is 0.339 e. The fraction of sp³-hybridized carbons (Fsp3) is 0. The van der Waals surface area contributed by atoms with Gasteiger partial charge >= 0.3 is 5.97 Å². The number of aromatic carboxylic acids is 1. The van der Waals surface area contributed by atoms with Crippen LogP contribution in [0.2, 0.25) is 5.15 Å². The topological polar surface area (TPSA) is 50.2 Å². The lowest BCUT2D eigenvalue weighted by Crippen LogP contribution is -2.03. The van der Waals surface area contributed by atoms with Crippen molar-refractivity contribution in [3.8, 4) is 22.4 Å². The molecule has 3 rings (SSSR count).